The van der Waals surface area contributed by atoms with Gasteiger partial charge in [-0.15, -0.1) is 0 Å². The summed E-state index contributed by atoms with van der Waals surface area (Å²) in [4.78, 5) is 15.9. The topological polar surface area (TPSA) is 84.3 Å². The van der Waals surface area contributed by atoms with Crippen molar-refractivity contribution < 1.29 is 4.74 Å². The van der Waals surface area contributed by atoms with Crippen molar-refractivity contribution in [3.8, 4) is 11.1 Å². The lowest BCUT2D eigenvalue weighted by atomic mass is 10.0. The first-order chi connectivity index (χ1) is 15.1. The van der Waals surface area contributed by atoms with E-state index in [9.17, 15) is 4.79 Å². The molecule has 0 spiro atoms. The molecule has 31 heavy (non-hydrogen) atoms. The van der Waals surface area contributed by atoms with Gasteiger partial charge in [0, 0.05) is 30.8 Å². The van der Waals surface area contributed by atoms with Gasteiger partial charge in [0.15, 0.2) is 0 Å². The Bertz CT molecular complexity index is 1120. The van der Waals surface area contributed by atoms with Crippen molar-refractivity contribution >= 4 is 16.7 Å². The van der Waals surface area contributed by atoms with Crippen LogP contribution in [0.1, 0.15) is 24.8 Å². The molecule has 0 unspecified atom stereocenters. The van der Waals surface area contributed by atoms with Gasteiger partial charge in [0.05, 0.1) is 18.7 Å². The molecule has 1 aromatic heterocycles. The summed E-state index contributed by atoms with van der Waals surface area (Å²) in [5.41, 5.74) is 8.70. The lowest BCUT2D eigenvalue weighted by molar-refractivity contribution is 0.0371. The number of ether oxygens (including phenoxy) is 1. The van der Waals surface area contributed by atoms with Crippen molar-refractivity contribution in [1.82, 2.24) is 9.47 Å². The molecule has 1 aliphatic rings. The number of aryl methyl sites for hydroxylation is 1. The van der Waals surface area contributed by atoms with Gasteiger partial charge in [0.1, 0.15) is 5.84 Å². The minimum atomic E-state index is 0.00299. The number of aromatic nitrogens is 1. The maximum atomic E-state index is 13.4. The fourth-order valence-corrected chi connectivity index (χ4v) is 4.22. The highest BCUT2D eigenvalue weighted by Gasteiger charge is 2.13. The Kier molecular flexibility index (Phi) is 6.79. The molecule has 0 aliphatic carbocycles. The average molecular weight is 419 g/mol. The van der Waals surface area contributed by atoms with Gasteiger partial charge in [-0.1, -0.05) is 42.8 Å². The zero-order valence-corrected chi connectivity index (χ0v) is 17.8. The quantitative estimate of drug-likeness (QED) is 0.333. The van der Waals surface area contributed by atoms with Gasteiger partial charge in [-0.05, 0) is 48.5 Å². The molecule has 1 fully saturated rings. The number of fused-ring (bicyclic) bond motifs is 1. The van der Waals surface area contributed by atoms with Crippen LogP contribution >= 0.6 is 0 Å². The molecule has 4 rings (SSSR count). The van der Waals surface area contributed by atoms with Crippen LogP contribution in [0.15, 0.2) is 59.4 Å². The standard InChI is InChI=1S/C25H30N4O2/c26-24(27)21-9-6-8-19(17-21)22-18-20-7-2-3-10-23(20)29(25(22)30)12-5-1-4-11-28-13-15-31-16-14-28/h2-3,6-10,17-18H,1,4-5,11-16H2,(H3,26,27). The van der Waals surface area contributed by atoms with E-state index in [-0.39, 0.29) is 11.4 Å². The van der Waals surface area contributed by atoms with Crippen molar-refractivity contribution in [1.29, 1.82) is 5.41 Å². The van der Waals surface area contributed by atoms with E-state index in [4.69, 9.17) is 15.9 Å². The molecule has 0 radical (unpaired) electrons. The average Bonchev–Trinajstić information content (AvgIpc) is 2.80. The van der Waals surface area contributed by atoms with Crippen LogP contribution in [0.2, 0.25) is 0 Å². The van der Waals surface area contributed by atoms with Crippen LogP contribution in [0.5, 0.6) is 0 Å². The number of nitrogens with two attached hydrogens (primary N) is 1. The predicted molar refractivity (Wildman–Crippen MR) is 126 cm³/mol. The third-order valence-corrected chi connectivity index (χ3v) is 5.95. The van der Waals surface area contributed by atoms with E-state index in [2.05, 4.69) is 4.90 Å². The third-order valence-electron chi connectivity index (χ3n) is 5.95. The number of para-hydroxylation sites is 1. The van der Waals surface area contributed by atoms with Crippen LogP contribution in [-0.4, -0.2) is 48.2 Å². The normalized spacial score (nSPS) is 14.7. The zero-order chi connectivity index (χ0) is 21.6. The highest BCUT2D eigenvalue weighted by Crippen LogP contribution is 2.22. The zero-order valence-electron chi connectivity index (χ0n) is 17.8. The lowest BCUT2D eigenvalue weighted by Crippen LogP contribution is -2.36. The molecule has 3 N–H and O–H groups in total. The summed E-state index contributed by atoms with van der Waals surface area (Å²) in [5, 5.41) is 8.75. The molecule has 2 heterocycles. The van der Waals surface area contributed by atoms with Gasteiger partial charge in [0.2, 0.25) is 0 Å². The molecule has 1 saturated heterocycles. The fourth-order valence-electron chi connectivity index (χ4n) is 4.22. The van der Waals surface area contributed by atoms with Gasteiger partial charge >= 0.3 is 0 Å². The Hall–Kier alpha value is -2.96. The number of nitrogen functional groups attached to an aromatic ring is 1. The third kappa shape index (κ3) is 5.03. The Morgan fingerprint density at radius 1 is 0.968 bits per heavy atom. The van der Waals surface area contributed by atoms with E-state index in [0.29, 0.717) is 17.7 Å². The molecular weight excluding hydrogens is 388 g/mol. The van der Waals surface area contributed by atoms with E-state index in [0.717, 1.165) is 68.6 Å². The smallest absolute Gasteiger partial charge is 0.258 e. The van der Waals surface area contributed by atoms with Crippen LogP contribution in [0.4, 0.5) is 0 Å². The SMILES string of the molecule is N=C(N)c1cccc(-c2cc3ccccc3n(CCCCCN3CCOCC3)c2=O)c1. The van der Waals surface area contributed by atoms with Crippen LogP contribution in [0, 0.1) is 5.41 Å². The highest BCUT2D eigenvalue weighted by atomic mass is 16.5. The Morgan fingerprint density at radius 3 is 2.55 bits per heavy atom. The molecular formula is C25H30N4O2. The van der Waals surface area contributed by atoms with Crippen LogP contribution in [0.25, 0.3) is 22.0 Å². The molecule has 0 bridgehead atoms. The molecule has 6 nitrogen and oxygen atoms in total. The van der Waals surface area contributed by atoms with E-state index in [1.807, 2.05) is 53.1 Å². The first kappa shape index (κ1) is 21.3. The number of nitrogens with zero attached hydrogens (tertiary/aromatic N) is 2. The lowest BCUT2D eigenvalue weighted by Gasteiger charge is -2.26. The molecule has 2 aromatic carbocycles. The van der Waals surface area contributed by atoms with E-state index >= 15 is 0 Å². The number of unbranched alkanes of at least 4 members (excludes halogenated alkanes) is 2. The molecule has 162 valence electrons. The van der Waals surface area contributed by atoms with Crippen molar-refractivity contribution in [2.75, 3.05) is 32.8 Å². The minimum Gasteiger partial charge on any atom is -0.384 e. The van der Waals surface area contributed by atoms with Crippen LogP contribution in [0.3, 0.4) is 0 Å². The second kappa shape index (κ2) is 9.90. The Morgan fingerprint density at radius 2 is 1.74 bits per heavy atom. The van der Waals surface area contributed by atoms with Crippen molar-refractivity contribution in [2.45, 2.75) is 25.8 Å². The number of benzene rings is 2. The first-order valence-corrected chi connectivity index (χ1v) is 11.0. The Balaban J connectivity index is 1.54. The second-order valence-corrected chi connectivity index (χ2v) is 8.08. The summed E-state index contributed by atoms with van der Waals surface area (Å²) < 4.78 is 7.31. The summed E-state index contributed by atoms with van der Waals surface area (Å²) in [6.45, 7) is 5.49. The summed E-state index contributed by atoms with van der Waals surface area (Å²) in [6.07, 6.45) is 3.18. The number of pyridine rings is 1. The molecule has 6 heteroatoms. The van der Waals surface area contributed by atoms with Crippen LogP contribution in [-0.2, 0) is 11.3 Å². The molecule has 0 atom stereocenters. The predicted octanol–water partition coefficient (Wildman–Crippen LogP) is 3.46. The minimum absolute atomic E-state index is 0.00299. The maximum Gasteiger partial charge on any atom is 0.258 e. The van der Waals surface area contributed by atoms with Gasteiger partial charge in [-0.25, -0.2) is 0 Å². The van der Waals surface area contributed by atoms with E-state index in [1.165, 1.54) is 0 Å². The summed E-state index contributed by atoms with van der Waals surface area (Å²) in [7, 11) is 0. The van der Waals surface area contributed by atoms with Crippen molar-refractivity contribution in [2.24, 2.45) is 5.73 Å². The molecule has 0 saturated carbocycles. The molecule has 0 amide bonds. The number of nitrogens with one attached hydrogen (secondary N) is 1. The van der Waals surface area contributed by atoms with Crippen molar-refractivity contribution in [3.05, 3.63) is 70.5 Å². The summed E-state index contributed by atoms with van der Waals surface area (Å²) in [5.74, 6) is 0.00299. The summed E-state index contributed by atoms with van der Waals surface area (Å²) in [6, 6.07) is 17.3. The number of amidine groups is 1. The van der Waals surface area contributed by atoms with Crippen molar-refractivity contribution in [3.63, 3.8) is 0 Å². The van der Waals surface area contributed by atoms with E-state index < -0.39 is 0 Å². The van der Waals surface area contributed by atoms with Gasteiger partial charge in [-0.2, -0.15) is 0 Å². The van der Waals surface area contributed by atoms with Gasteiger partial charge in [0.25, 0.3) is 5.56 Å². The van der Waals surface area contributed by atoms with Gasteiger partial charge < -0.3 is 15.0 Å². The fraction of sp³-hybridized carbons (Fsp3) is 0.360. The number of rotatable bonds is 8. The number of hydrogen-bond donors (Lipinski definition) is 2. The first-order valence-electron chi connectivity index (χ1n) is 11.0. The number of morpholine rings is 1. The molecule has 3 aromatic rings. The number of hydrogen-bond acceptors (Lipinski definition) is 4. The molecule has 1 aliphatic heterocycles. The largest absolute Gasteiger partial charge is 0.384 e. The Labute approximate surface area is 182 Å². The summed E-state index contributed by atoms with van der Waals surface area (Å²) >= 11 is 0. The van der Waals surface area contributed by atoms with Gasteiger partial charge in [-0.3, -0.25) is 15.1 Å². The maximum absolute atomic E-state index is 13.4. The highest BCUT2D eigenvalue weighted by molar-refractivity contribution is 5.96. The van der Waals surface area contributed by atoms with E-state index in [1.54, 1.807) is 6.07 Å². The second-order valence-electron chi connectivity index (χ2n) is 8.08. The monoisotopic (exact) mass is 418 g/mol. The van der Waals surface area contributed by atoms with Crippen LogP contribution < -0.4 is 11.3 Å².